The van der Waals surface area contributed by atoms with Crippen LogP contribution in [-0.4, -0.2) is 24.9 Å². The van der Waals surface area contributed by atoms with Gasteiger partial charge in [0, 0.05) is 19.7 Å². The number of rotatable bonds is 3. The van der Waals surface area contributed by atoms with Gasteiger partial charge in [-0.25, -0.2) is 0 Å². The molecule has 0 atom stereocenters. The zero-order chi connectivity index (χ0) is 8.85. The van der Waals surface area contributed by atoms with Crippen molar-refractivity contribution < 1.29 is 4.79 Å². The van der Waals surface area contributed by atoms with E-state index in [4.69, 9.17) is 0 Å². The van der Waals surface area contributed by atoms with Crippen molar-refractivity contribution in [3.05, 3.63) is 11.6 Å². The van der Waals surface area contributed by atoms with Crippen molar-refractivity contribution in [1.82, 2.24) is 4.90 Å². The minimum absolute atomic E-state index is 0.110. The molecular weight excluding hydrogens is 138 g/mol. The van der Waals surface area contributed by atoms with E-state index in [2.05, 4.69) is 6.92 Å². The van der Waals surface area contributed by atoms with Crippen molar-refractivity contribution in [3.63, 3.8) is 0 Å². The third-order valence-corrected chi connectivity index (χ3v) is 1.48. The van der Waals surface area contributed by atoms with Crippen LogP contribution in [0.4, 0.5) is 0 Å². The summed E-state index contributed by atoms with van der Waals surface area (Å²) in [7, 11) is 3.54. The van der Waals surface area contributed by atoms with Gasteiger partial charge in [0.15, 0.2) is 0 Å². The Kier molecular flexibility index (Phi) is 4.59. The van der Waals surface area contributed by atoms with Crippen LogP contribution in [0.3, 0.4) is 0 Å². The summed E-state index contributed by atoms with van der Waals surface area (Å²) in [6.45, 7) is 3.96. The molecule has 0 saturated carbocycles. The molecule has 0 aliphatic heterocycles. The Morgan fingerprint density at radius 1 is 1.45 bits per heavy atom. The first-order valence-corrected chi connectivity index (χ1v) is 3.98. The quantitative estimate of drug-likeness (QED) is 0.569. The minimum Gasteiger partial charge on any atom is -0.345 e. The van der Waals surface area contributed by atoms with Crippen LogP contribution >= 0.6 is 0 Å². The third-order valence-electron chi connectivity index (χ3n) is 1.48. The molecule has 0 aromatic rings. The van der Waals surface area contributed by atoms with Crippen LogP contribution in [0.1, 0.15) is 26.7 Å². The van der Waals surface area contributed by atoms with Crippen LogP contribution in [0.5, 0.6) is 0 Å². The number of allylic oxidation sites excluding steroid dienone is 1. The van der Waals surface area contributed by atoms with Gasteiger partial charge in [0.2, 0.25) is 5.91 Å². The SMILES string of the molecule is CCC/C=C(\C)C(=O)N(C)C. The van der Waals surface area contributed by atoms with Gasteiger partial charge in [0.05, 0.1) is 0 Å². The Labute approximate surface area is 68.9 Å². The molecule has 0 bridgehead atoms. The summed E-state index contributed by atoms with van der Waals surface area (Å²) < 4.78 is 0. The van der Waals surface area contributed by atoms with Crippen LogP contribution in [-0.2, 0) is 4.79 Å². The van der Waals surface area contributed by atoms with Gasteiger partial charge in [0.25, 0.3) is 0 Å². The number of amides is 1. The Morgan fingerprint density at radius 3 is 2.36 bits per heavy atom. The number of hydrogen-bond acceptors (Lipinski definition) is 1. The second-order valence-electron chi connectivity index (χ2n) is 2.88. The van der Waals surface area contributed by atoms with Gasteiger partial charge >= 0.3 is 0 Å². The molecule has 2 heteroatoms. The summed E-state index contributed by atoms with van der Waals surface area (Å²) in [5.41, 5.74) is 0.844. The third kappa shape index (κ3) is 3.81. The number of nitrogens with zero attached hydrogens (tertiary/aromatic N) is 1. The van der Waals surface area contributed by atoms with Gasteiger partial charge in [-0.1, -0.05) is 19.4 Å². The normalized spacial score (nSPS) is 11.5. The molecule has 0 rings (SSSR count). The van der Waals surface area contributed by atoms with E-state index >= 15 is 0 Å². The topological polar surface area (TPSA) is 20.3 Å². The monoisotopic (exact) mass is 155 g/mol. The zero-order valence-electron chi connectivity index (χ0n) is 7.85. The summed E-state index contributed by atoms with van der Waals surface area (Å²) >= 11 is 0. The van der Waals surface area contributed by atoms with E-state index in [1.165, 1.54) is 0 Å². The molecule has 0 N–H and O–H groups in total. The molecule has 0 fully saturated rings. The first-order chi connectivity index (χ1) is 5.09. The number of likely N-dealkylation sites (N-methyl/N-ethyl adjacent to an activating group) is 1. The lowest BCUT2D eigenvalue weighted by Gasteiger charge is -2.09. The summed E-state index contributed by atoms with van der Waals surface area (Å²) in [5.74, 6) is 0.110. The van der Waals surface area contributed by atoms with E-state index in [1.54, 1.807) is 19.0 Å². The first-order valence-electron chi connectivity index (χ1n) is 3.98. The van der Waals surface area contributed by atoms with E-state index in [0.29, 0.717) is 0 Å². The molecule has 0 aromatic carbocycles. The predicted molar refractivity (Wildman–Crippen MR) is 47.4 cm³/mol. The fourth-order valence-electron chi connectivity index (χ4n) is 0.801. The number of unbranched alkanes of at least 4 members (excludes halogenated alkanes) is 1. The van der Waals surface area contributed by atoms with E-state index in [0.717, 1.165) is 18.4 Å². The Bertz CT molecular complexity index is 159. The Hall–Kier alpha value is -0.790. The van der Waals surface area contributed by atoms with Gasteiger partial charge in [-0.3, -0.25) is 4.79 Å². The average Bonchev–Trinajstić information content (AvgIpc) is 1.98. The molecule has 0 radical (unpaired) electrons. The predicted octanol–water partition coefficient (Wildman–Crippen LogP) is 1.82. The molecule has 64 valence electrons. The van der Waals surface area contributed by atoms with Crippen molar-refractivity contribution in [2.24, 2.45) is 0 Å². The summed E-state index contributed by atoms with van der Waals surface area (Å²) in [5, 5.41) is 0. The van der Waals surface area contributed by atoms with E-state index in [1.807, 2.05) is 13.0 Å². The minimum atomic E-state index is 0.110. The molecule has 0 spiro atoms. The molecule has 0 aliphatic rings. The molecule has 0 saturated heterocycles. The average molecular weight is 155 g/mol. The second kappa shape index (κ2) is 4.94. The molecule has 2 nitrogen and oxygen atoms in total. The van der Waals surface area contributed by atoms with E-state index in [-0.39, 0.29) is 5.91 Å². The van der Waals surface area contributed by atoms with Crippen LogP contribution < -0.4 is 0 Å². The highest BCUT2D eigenvalue weighted by Gasteiger charge is 2.04. The fourth-order valence-corrected chi connectivity index (χ4v) is 0.801. The zero-order valence-corrected chi connectivity index (χ0v) is 7.85. The maximum atomic E-state index is 11.2. The summed E-state index contributed by atoms with van der Waals surface area (Å²) in [4.78, 5) is 12.8. The number of carbonyl (C=O) groups is 1. The van der Waals surface area contributed by atoms with Gasteiger partial charge < -0.3 is 4.90 Å². The first kappa shape index (κ1) is 10.2. The van der Waals surface area contributed by atoms with E-state index < -0.39 is 0 Å². The van der Waals surface area contributed by atoms with Crippen LogP contribution in [0.25, 0.3) is 0 Å². The molecule has 1 amide bonds. The molecule has 0 aliphatic carbocycles. The Morgan fingerprint density at radius 2 is 2.00 bits per heavy atom. The number of carbonyl (C=O) groups excluding carboxylic acids is 1. The lowest BCUT2D eigenvalue weighted by Crippen LogP contribution is -2.22. The molecule has 0 unspecified atom stereocenters. The van der Waals surface area contributed by atoms with E-state index in [9.17, 15) is 4.79 Å². The smallest absolute Gasteiger partial charge is 0.248 e. The van der Waals surface area contributed by atoms with Crippen molar-refractivity contribution >= 4 is 5.91 Å². The lowest BCUT2D eigenvalue weighted by molar-refractivity contribution is -0.124. The molecule has 0 aromatic heterocycles. The lowest BCUT2D eigenvalue weighted by atomic mass is 10.2. The Balaban J connectivity index is 4.01. The van der Waals surface area contributed by atoms with Gasteiger partial charge in [-0.2, -0.15) is 0 Å². The molecular formula is C9H17NO. The maximum absolute atomic E-state index is 11.2. The van der Waals surface area contributed by atoms with Crippen molar-refractivity contribution in [1.29, 1.82) is 0 Å². The molecule has 0 heterocycles. The summed E-state index contributed by atoms with van der Waals surface area (Å²) in [6.07, 6.45) is 4.08. The van der Waals surface area contributed by atoms with Crippen molar-refractivity contribution in [2.45, 2.75) is 26.7 Å². The van der Waals surface area contributed by atoms with Crippen LogP contribution in [0.15, 0.2) is 11.6 Å². The van der Waals surface area contributed by atoms with Crippen molar-refractivity contribution in [3.8, 4) is 0 Å². The maximum Gasteiger partial charge on any atom is 0.248 e. The van der Waals surface area contributed by atoms with Crippen LogP contribution in [0.2, 0.25) is 0 Å². The van der Waals surface area contributed by atoms with Crippen LogP contribution in [0, 0.1) is 0 Å². The van der Waals surface area contributed by atoms with Gasteiger partial charge in [0.1, 0.15) is 0 Å². The highest BCUT2D eigenvalue weighted by Crippen LogP contribution is 2.00. The largest absolute Gasteiger partial charge is 0.345 e. The van der Waals surface area contributed by atoms with Gasteiger partial charge in [-0.15, -0.1) is 0 Å². The molecule has 11 heavy (non-hydrogen) atoms. The second-order valence-corrected chi connectivity index (χ2v) is 2.88. The standard InChI is InChI=1S/C9H17NO/c1-5-6-7-8(2)9(11)10(3)4/h7H,5-6H2,1-4H3/b8-7+. The fraction of sp³-hybridized carbons (Fsp3) is 0.667. The number of hydrogen-bond donors (Lipinski definition) is 0. The van der Waals surface area contributed by atoms with Gasteiger partial charge in [-0.05, 0) is 13.3 Å². The highest BCUT2D eigenvalue weighted by molar-refractivity contribution is 5.92. The summed E-state index contributed by atoms with van der Waals surface area (Å²) in [6, 6.07) is 0. The van der Waals surface area contributed by atoms with Crippen molar-refractivity contribution in [2.75, 3.05) is 14.1 Å². The highest BCUT2D eigenvalue weighted by atomic mass is 16.2.